The standard InChI is InChI=1S/C21H24N2O2/c24-20(17-10-4-5-11-17)23-19-13-7-6-12-18(19)21(25)22-15-14-16-8-2-1-3-9-16/h1-3,6-9,12-13,17H,4-5,10-11,14-15H2,(H,22,25)(H,23,24). The smallest absolute Gasteiger partial charge is 0.253 e. The molecule has 0 atom stereocenters. The molecule has 0 aromatic heterocycles. The molecular formula is C21H24N2O2. The quantitative estimate of drug-likeness (QED) is 0.843. The molecule has 2 amide bonds. The van der Waals surface area contributed by atoms with Crippen molar-refractivity contribution in [1.29, 1.82) is 0 Å². The highest BCUT2D eigenvalue weighted by atomic mass is 16.2. The Kier molecular flexibility index (Phi) is 5.83. The molecule has 3 rings (SSSR count). The van der Waals surface area contributed by atoms with Gasteiger partial charge in [-0.25, -0.2) is 0 Å². The first-order valence-electron chi connectivity index (χ1n) is 8.96. The molecule has 0 aliphatic heterocycles. The maximum absolute atomic E-state index is 12.5. The van der Waals surface area contributed by atoms with E-state index in [-0.39, 0.29) is 17.7 Å². The number of hydrogen-bond donors (Lipinski definition) is 2. The van der Waals surface area contributed by atoms with Crippen LogP contribution < -0.4 is 10.6 Å². The molecule has 1 aliphatic carbocycles. The van der Waals surface area contributed by atoms with E-state index >= 15 is 0 Å². The summed E-state index contributed by atoms with van der Waals surface area (Å²) in [7, 11) is 0. The van der Waals surface area contributed by atoms with E-state index in [0.717, 1.165) is 32.1 Å². The number of para-hydroxylation sites is 1. The van der Waals surface area contributed by atoms with Crippen LogP contribution in [0.15, 0.2) is 54.6 Å². The van der Waals surface area contributed by atoms with E-state index in [1.54, 1.807) is 12.1 Å². The Labute approximate surface area is 148 Å². The van der Waals surface area contributed by atoms with E-state index in [0.29, 0.717) is 17.8 Å². The molecule has 1 aliphatic rings. The molecule has 0 radical (unpaired) electrons. The number of carbonyl (C=O) groups is 2. The van der Waals surface area contributed by atoms with Crippen molar-refractivity contribution in [2.45, 2.75) is 32.1 Å². The molecule has 4 heteroatoms. The van der Waals surface area contributed by atoms with E-state index in [1.165, 1.54) is 5.56 Å². The fourth-order valence-corrected chi connectivity index (χ4v) is 3.27. The van der Waals surface area contributed by atoms with E-state index in [9.17, 15) is 9.59 Å². The fourth-order valence-electron chi connectivity index (χ4n) is 3.27. The van der Waals surface area contributed by atoms with Crippen molar-refractivity contribution in [1.82, 2.24) is 5.32 Å². The normalized spacial score (nSPS) is 14.2. The molecule has 130 valence electrons. The summed E-state index contributed by atoms with van der Waals surface area (Å²) in [5.74, 6) is -0.0468. The highest BCUT2D eigenvalue weighted by Gasteiger charge is 2.23. The molecule has 0 heterocycles. The highest BCUT2D eigenvalue weighted by molar-refractivity contribution is 6.04. The first-order valence-corrected chi connectivity index (χ1v) is 8.96. The summed E-state index contributed by atoms with van der Waals surface area (Å²) >= 11 is 0. The van der Waals surface area contributed by atoms with Crippen LogP contribution in [0.3, 0.4) is 0 Å². The minimum absolute atomic E-state index is 0.0297. The molecule has 0 unspecified atom stereocenters. The molecule has 0 spiro atoms. The van der Waals surface area contributed by atoms with Gasteiger partial charge >= 0.3 is 0 Å². The van der Waals surface area contributed by atoms with Crippen LogP contribution in [0.5, 0.6) is 0 Å². The van der Waals surface area contributed by atoms with Crippen molar-refractivity contribution >= 4 is 17.5 Å². The lowest BCUT2D eigenvalue weighted by molar-refractivity contribution is -0.119. The average Bonchev–Trinajstić information content (AvgIpc) is 3.18. The first-order chi connectivity index (χ1) is 12.2. The third-order valence-corrected chi connectivity index (χ3v) is 4.70. The fraction of sp³-hybridized carbons (Fsp3) is 0.333. The monoisotopic (exact) mass is 336 g/mol. The van der Waals surface area contributed by atoms with Crippen molar-refractivity contribution in [3.63, 3.8) is 0 Å². The molecule has 2 aromatic carbocycles. The van der Waals surface area contributed by atoms with Gasteiger partial charge < -0.3 is 10.6 Å². The zero-order valence-corrected chi connectivity index (χ0v) is 14.3. The van der Waals surface area contributed by atoms with Gasteiger partial charge in [-0.1, -0.05) is 55.3 Å². The lowest BCUT2D eigenvalue weighted by Crippen LogP contribution is -2.28. The maximum atomic E-state index is 12.5. The van der Waals surface area contributed by atoms with E-state index in [4.69, 9.17) is 0 Å². The maximum Gasteiger partial charge on any atom is 0.253 e. The van der Waals surface area contributed by atoms with Gasteiger partial charge in [0.25, 0.3) is 5.91 Å². The Balaban J connectivity index is 1.59. The number of amides is 2. The van der Waals surface area contributed by atoms with Gasteiger partial charge in [-0.3, -0.25) is 9.59 Å². The zero-order valence-electron chi connectivity index (χ0n) is 14.3. The zero-order chi connectivity index (χ0) is 17.5. The van der Waals surface area contributed by atoms with Crippen LogP contribution in [0, 0.1) is 5.92 Å². The van der Waals surface area contributed by atoms with Crippen LogP contribution in [0.1, 0.15) is 41.6 Å². The molecule has 4 nitrogen and oxygen atoms in total. The number of carbonyl (C=O) groups excluding carboxylic acids is 2. The second-order valence-corrected chi connectivity index (χ2v) is 6.51. The second-order valence-electron chi connectivity index (χ2n) is 6.51. The van der Waals surface area contributed by atoms with Crippen LogP contribution >= 0.6 is 0 Å². The topological polar surface area (TPSA) is 58.2 Å². The van der Waals surface area contributed by atoms with Crippen molar-refractivity contribution in [3.8, 4) is 0 Å². The van der Waals surface area contributed by atoms with Crippen LogP contribution in [0.25, 0.3) is 0 Å². The Bertz CT molecular complexity index is 722. The molecule has 0 saturated heterocycles. The van der Waals surface area contributed by atoms with Crippen LogP contribution in [-0.4, -0.2) is 18.4 Å². The average molecular weight is 336 g/mol. The molecule has 2 N–H and O–H groups in total. The molecule has 2 aromatic rings. The van der Waals surface area contributed by atoms with Gasteiger partial charge in [0.05, 0.1) is 11.3 Å². The predicted octanol–water partition coefficient (Wildman–Crippen LogP) is 3.79. The summed E-state index contributed by atoms with van der Waals surface area (Å²) in [6, 6.07) is 17.2. The summed E-state index contributed by atoms with van der Waals surface area (Å²) in [6.07, 6.45) is 4.89. The number of anilines is 1. The van der Waals surface area contributed by atoms with Crippen molar-refractivity contribution < 1.29 is 9.59 Å². The lowest BCUT2D eigenvalue weighted by atomic mass is 10.1. The van der Waals surface area contributed by atoms with Gasteiger partial charge in [-0.15, -0.1) is 0 Å². The summed E-state index contributed by atoms with van der Waals surface area (Å²) in [4.78, 5) is 24.8. The van der Waals surface area contributed by atoms with Crippen LogP contribution in [-0.2, 0) is 11.2 Å². The first kappa shape index (κ1) is 17.2. The van der Waals surface area contributed by atoms with Gasteiger partial charge in [-0.05, 0) is 37.0 Å². The third-order valence-electron chi connectivity index (χ3n) is 4.70. The van der Waals surface area contributed by atoms with Crippen LogP contribution in [0.4, 0.5) is 5.69 Å². The van der Waals surface area contributed by atoms with Crippen molar-refractivity contribution in [2.24, 2.45) is 5.92 Å². The SMILES string of the molecule is O=C(NCCc1ccccc1)c1ccccc1NC(=O)C1CCCC1. The minimum Gasteiger partial charge on any atom is -0.352 e. The van der Waals surface area contributed by atoms with Gasteiger partial charge in [0, 0.05) is 12.5 Å². The largest absolute Gasteiger partial charge is 0.352 e. The summed E-state index contributed by atoms with van der Waals surface area (Å²) in [5.41, 5.74) is 2.30. The van der Waals surface area contributed by atoms with E-state index in [1.807, 2.05) is 42.5 Å². The molecule has 0 bridgehead atoms. The lowest BCUT2D eigenvalue weighted by Gasteiger charge is -2.14. The number of benzene rings is 2. The number of nitrogens with one attached hydrogen (secondary N) is 2. The van der Waals surface area contributed by atoms with E-state index in [2.05, 4.69) is 10.6 Å². The van der Waals surface area contributed by atoms with Gasteiger partial charge in [0.1, 0.15) is 0 Å². The third kappa shape index (κ3) is 4.69. The number of rotatable bonds is 6. The predicted molar refractivity (Wildman–Crippen MR) is 99.5 cm³/mol. The summed E-state index contributed by atoms with van der Waals surface area (Å²) < 4.78 is 0. The van der Waals surface area contributed by atoms with Gasteiger partial charge in [0.15, 0.2) is 0 Å². The molecule has 1 fully saturated rings. The van der Waals surface area contributed by atoms with Crippen LogP contribution in [0.2, 0.25) is 0 Å². The molecule has 1 saturated carbocycles. The second kappa shape index (κ2) is 8.47. The Morgan fingerprint density at radius 3 is 2.36 bits per heavy atom. The Morgan fingerprint density at radius 1 is 0.920 bits per heavy atom. The highest BCUT2D eigenvalue weighted by Crippen LogP contribution is 2.26. The summed E-state index contributed by atoms with van der Waals surface area (Å²) in [6.45, 7) is 0.563. The van der Waals surface area contributed by atoms with E-state index < -0.39 is 0 Å². The Morgan fingerprint density at radius 2 is 1.60 bits per heavy atom. The van der Waals surface area contributed by atoms with Crippen molar-refractivity contribution in [3.05, 3.63) is 65.7 Å². The van der Waals surface area contributed by atoms with Gasteiger partial charge in [-0.2, -0.15) is 0 Å². The summed E-state index contributed by atoms with van der Waals surface area (Å²) in [5, 5.41) is 5.88. The van der Waals surface area contributed by atoms with Gasteiger partial charge in [0.2, 0.25) is 5.91 Å². The molecule has 25 heavy (non-hydrogen) atoms. The Hall–Kier alpha value is -2.62. The molecular weight excluding hydrogens is 312 g/mol. The minimum atomic E-state index is -0.154. The van der Waals surface area contributed by atoms with Crippen molar-refractivity contribution in [2.75, 3.05) is 11.9 Å². The number of hydrogen-bond acceptors (Lipinski definition) is 2.